The molecule has 0 saturated carbocycles. The lowest BCUT2D eigenvalue weighted by molar-refractivity contribution is -0.129. The number of anilines is 1. The molecule has 8 nitrogen and oxygen atoms in total. The fraction of sp³-hybridized carbons (Fsp3) is 0.150. The first-order valence-corrected chi connectivity index (χ1v) is 8.54. The van der Waals surface area contributed by atoms with Crippen molar-refractivity contribution in [2.24, 2.45) is 0 Å². The number of carbonyl (C=O) groups excluding carboxylic acids is 2. The summed E-state index contributed by atoms with van der Waals surface area (Å²) in [5.41, 5.74) is 6.38. The molecule has 28 heavy (non-hydrogen) atoms. The van der Waals surface area contributed by atoms with Crippen molar-refractivity contribution in [2.75, 3.05) is 18.5 Å². The molecule has 0 saturated heterocycles. The van der Waals surface area contributed by atoms with E-state index in [0.717, 1.165) is 16.6 Å². The maximum absolute atomic E-state index is 11.8. The van der Waals surface area contributed by atoms with Crippen LogP contribution in [-0.4, -0.2) is 25.0 Å². The standard InChI is InChI=1S/C20H19N3O5/c1-13-2-6-15(7-3-13)21-11-18(24)22-23-19(25)12-27-16-8-4-14-5-9-20(26)28-17(14)10-16/h2-10,21H,11-12H2,1H3,(H,22,24)(H,23,25). The molecular formula is C20H19N3O5. The molecule has 144 valence electrons. The number of benzene rings is 2. The van der Waals surface area contributed by atoms with Crippen molar-refractivity contribution in [3.8, 4) is 5.75 Å². The number of fused-ring (bicyclic) bond motifs is 1. The Bertz CT molecular complexity index is 1040. The van der Waals surface area contributed by atoms with Crippen molar-refractivity contribution in [2.45, 2.75) is 6.92 Å². The first-order valence-electron chi connectivity index (χ1n) is 8.54. The quantitative estimate of drug-likeness (QED) is 0.443. The Hall–Kier alpha value is -3.81. The van der Waals surface area contributed by atoms with Crippen molar-refractivity contribution in [1.82, 2.24) is 10.9 Å². The van der Waals surface area contributed by atoms with Gasteiger partial charge in [0.25, 0.3) is 11.8 Å². The molecule has 0 aliphatic heterocycles. The van der Waals surface area contributed by atoms with Crippen LogP contribution in [0.2, 0.25) is 0 Å². The molecular weight excluding hydrogens is 362 g/mol. The third-order valence-corrected chi connectivity index (χ3v) is 3.81. The van der Waals surface area contributed by atoms with E-state index in [0.29, 0.717) is 11.3 Å². The van der Waals surface area contributed by atoms with Crippen LogP contribution in [0.1, 0.15) is 5.56 Å². The first-order chi connectivity index (χ1) is 13.5. The van der Waals surface area contributed by atoms with Crippen LogP contribution in [-0.2, 0) is 9.59 Å². The number of hydrazine groups is 1. The van der Waals surface area contributed by atoms with E-state index in [1.165, 1.54) is 12.1 Å². The van der Waals surface area contributed by atoms with Gasteiger partial charge in [-0.15, -0.1) is 0 Å². The minimum Gasteiger partial charge on any atom is -0.484 e. The van der Waals surface area contributed by atoms with Crippen LogP contribution in [0.25, 0.3) is 11.0 Å². The number of nitrogens with one attached hydrogen (secondary N) is 3. The summed E-state index contributed by atoms with van der Waals surface area (Å²) in [6.07, 6.45) is 0. The van der Waals surface area contributed by atoms with Crippen LogP contribution in [0.3, 0.4) is 0 Å². The van der Waals surface area contributed by atoms with Gasteiger partial charge in [-0.25, -0.2) is 4.79 Å². The molecule has 2 amide bonds. The van der Waals surface area contributed by atoms with Crippen LogP contribution in [0, 0.1) is 6.92 Å². The summed E-state index contributed by atoms with van der Waals surface area (Å²) in [5, 5.41) is 3.68. The zero-order valence-corrected chi connectivity index (χ0v) is 15.2. The summed E-state index contributed by atoms with van der Waals surface area (Å²) in [5.74, 6) is -0.566. The fourth-order valence-electron chi connectivity index (χ4n) is 2.35. The van der Waals surface area contributed by atoms with Crippen LogP contribution in [0.4, 0.5) is 5.69 Å². The van der Waals surface area contributed by atoms with E-state index in [2.05, 4.69) is 16.2 Å². The highest BCUT2D eigenvalue weighted by Gasteiger charge is 2.07. The summed E-state index contributed by atoms with van der Waals surface area (Å²) in [4.78, 5) is 34.8. The predicted octanol–water partition coefficient (Wildman–Crippen LogP) is 1.74. The number of hydrogen-bond acceptors (Lipinski definition) is 6. The van der Waals surface area contributed by atoms with Gasteiger partial charge in [-0.1, -0.05) is 17.7 Å². The summed E-state index contributed by atoms with van der Waals surface area (Å²) >= 11 is 0. The monoisotopic (exact) mass is 381 g/mol. The van der Waals surface area contributed by atoms with Crippen LogP contribution in [0.15, 0.2) is 63.8 Å². The van der Waals surface area contributed by atoms with Gasteiger partial charge in [0.05, 0.1) is 6.54 Å². The second-order valence-corrected chi connectivity index (χ2v) is 6.06. The summed E-state index contributed by atoms with van der Waals surface area (Å²) in [7, 11) is 0. The van der Waals surface area contributed by atoms with E-state index in [1.54, 1.807) is 18.2 Å². The van der Waals surface area contributed by atoms with Crippen molar-refractivity contribution < 1.29 is 18.7 Å². The Morgan fingerprint density at radius 1 is 0.964 bits per heavy atom. The molecule has 0 unspecified atom stereocenters. The van der Waals surface area contributed by atoms with Gasteiger partial charge in [-0.2, -0.15) is 0 Å². The number of amides is 2. The second kappa shape index (κ2) is 8.72. The van der Waals surface area contributed by atoms with Gasteiger partial charge in [0, 0.05) is 23.2 Å². The third-order valence-electron chi connectivity index (χ3n) is 3.81. The van der Waals surface area contributed by atoms with E-state index >= 15 is 0 Å². The van der Waals surface area contributed by atoms with E-state index in [4.69, 9.17) is 9.15 Å². The molecule has 8 heteroatoms. The summed E-state index contributed by atoms with van der Waals surface area (Å²) in [6.45, 7) is 1.67. The summed E-state index contributed by atoms with van der Waals surface area (Å²) < 4.78 is 10.4. The van der Waals surface area contributed by atoms with Crippen molar-refractivity contribution in [3.05, 3.63) is 70.6 Å². The summed E-state index contributed by atoms with van der Waals surface area (Å²) in [6, 6.07) is 15.4. The van der Waals surface area contributed by atoms with Gasteiger partial charge in [-0.05, 0) is 37.3 Å². The molecule has 3 N–H and O–H groups in total. The zero-order chi connectivity index (χ0) is 19.9. The van der Waals surface area contributed by atoms with E-state index in [1.807, 2.05) is 31.2 Å². The second-order valence-electron chi connectivity index (χ2n) is 6.06. The highest BCUT2D eigenvalue weighted by atomic mass is 16.5. The number of aryl methyl sites for hydroxylation is 1. The van der Waals surface area contributed by atoms with Crippen molar-refractivity contribution in [1.29, 1.82) is 0 Å². The highest BCUT2D eigenvalue weighted by molar-refractivity contribution is 5.85. The molecule has 0 fully saturated rings. The number of hydrogen-bond donors (Lipinski definition) is 3. The zero-order valence-electron chi connectivity index (χ0n) is 15.2. The Kier molecular flexibility index (Phi) is 5.91. The van der Waals surface area contributed by atoms with Gasteiger partial charge in [0.15, 0.2) is 6.61 Å². The number of rotatable bonds is 6. The molecule has 3 aromatic rings. The molecule has 0 spiro atoms. The molecule has 1 heterocycles. The average Bonchev–Trinajstić information content (AvgIpc) is 2.70. The van der Waals surface area contributed by atoms with E-state index < -0.39 is 17.4 Å². The van der Waals surface area contributed by atoms with Crippen molar-refractivity contribution in [3.63, 3.8) is 0 Å². The molecule has 0 radical (unpaired) electrons. The average molecular weight is 381 g/mol. The molecule has 0 aliphatic carbocycles. The molecule has 0 aliphatic rings. The fourth-order valence-corrected chi connectivity index (χ4v) is 2.35. The first kappa shape index (κ1) is 19.0. The van der Waals surface area contributed by atoms with Crippen LogP contribution >= 0.6 is 0 Å². The molecule has 1 aromatic heterocycles. The Labute approximate surface area is 160 Å². The minimum absolute atomic E-state index is 0.00784. The smallest absolute Gasteiger partial charge is 0.336 e. The number of carbonyl (C=O) groups is 2. The lowest BCUT2D eigenvalue weighted by Crippen LogP contribution is -2.45. The lowest BCUT2D eigenvalue weighted by Gasteiger charge is -2.10. The largest absolute Gasteiger partial charge is 0.484 e. The maximum Gasteiger partial charge on any atom is 0.336 e. The predicted molar refractivity (Wildman–Crippen MR) is 104 cm³/mol. The van der Waals surface area contributed by atoms with E-state index in [-0.39, 0.29) is 13.2 Å². The Morgan fingerprint density at radius 2 is 1.68 bits per heavy atom. The van der Waals surface area contributed by atoms with Crippen LogP contribution in [0.5, 0.6) is 5.75 Å². The van der Waals surface area contributed by atoms with E-state index in [9.17, 15) is 14.4 Å². The van der Waals surface area contributed by atoms with Gasteiger partial charge in [-0.3, -0.25) is 20.4 Å². The minimum atomic E-state index is -0.529. The SMILES string of the molecule is Cc1ccc(NCC(=O)NNC(=O)COc2ccc3ccc(=O)oc3c2)cc1. The Morgan fingerprint density at radius 3 is 2.46 bits per heavy atom. The highest BCUT2D eigenvalue weighted by Crippen LogP contribution is 2.19. The topological polar surface area (TPSA) is 110 Å². The van der Waals surface area contributed by atoms with Gasteiger partial charge >= 0.3 is 5.63 Å². The molecule has 2 aromatic carbocycles. The van der Waals surface area contributed by atoms with Gasteiger partial charge < -0.3 is 14.5 Å². The normalized spacial score (nSPS) is 10.3. The molecule has 3 rings (SSSR count). The maximum atomic E-state index is 11.8. The molecule has 0 atom stereocenters. The molecule has 0 bridgehead atoms. The lowest BCUT2D eigenvalue weighted by atomic mass is 10.2. The van der Waals surface area contributed by atoms with Crippen LogP contribution < -0.4 is 26.5 Å². The third kappa shape index (κ3) is 5.34. The van der Waals surface area contributed by atoms with Crippen molar-refractivity contribution >= 4 is 28.5 Å². The Balaban J connectivity index is 1.42. The van der Waals surface area contributed by atoms with Gasteiger partial charge in [0.1, 0.15) is 11.3 Å². The van der Waals surface area contributed by atoms with Gasteiger partial charge in [0.2, 0.25) is 0 Å². The number of ether oxygens (including phenoxy) is 1.